The van der Waals surface area contributed by atoms with Crippen LogP contribution < -0.4 is 15.2 Å². The number of alkyl halides is 4. The SMILES string of the molecule is CC1(C(N)=O)CCCCN1CC(F)(F)F.COc1cc(CN2CCC(C)(F)CC2)cc(OC)c1-c1cccc2c(CCC(=O)O)cccc12. The van der Waals surface area contributed by atoms with E-state index < -0.39 is 35.8 Å². The quantitative estimate of drug-likeness (QED) is 0.218. The Kier molecular flexibility index (Phi) is 12.2. The number of aliphatic carboxylic acids is 1. The Morgan fingerprint density at radius 2 is 1.53 bits per heavy atom. The minimum Gasteiger partial charge on any atom is -0.496 e. The number of carbonyl (C=O) groups excluding carboxylic acids is 1. The number of piperidine rings is 2. The highest BCUT2D eigenvalue weighted by atomic mass is 19.4. The fourth-order valence-corrected chi connectivity index (χ4v) is 6.74. The lowest BCUT2D eigenvalue weighted by atomic mass is 9.88. The third kappa shape index (κ3) is 9.63. The first kappa shape index (κ1) is 37.9. The number of hydrogen-bond acceptors (Lipinski definition) is 6. The molecule has 3 aromatic carbocycles. The van der Waals surface area contributed by atoms with E-state index in [1.807, 2.05) is 48.5 Å². The van der Waals surface area contributed by atoms with Gasteiger partial charge in [0.25, 0.3) is 0 Å². The summed E-state index contributed by atoms with van der Waals surface area (Å²) in [6.07, 6.45) is -0.821. The van der Waals surface area contributed by atoms with Crippen molar-refractivity contribution >= 4 is 22.6 Å². The van der Waals surface area contributed by atoms with Crippen LogP contribution in [0.3, 0.4) is 0 Å². The number of carboxylic acids is 1. The van der Waals surface area contributed by atoms with Crippen molar-refractivity contribution in [3.8, 4) is 22.6 Å². The van der Waals surface area contributed by atoms with Gasteiger partial charge in [-0.15, -0.1) is 0 Å². The largest absolute Gasteiger partial charge is 0.496 e. The monoisotopic (exact) mass is 689 g/mol. The van der Waals surface area contributed by atoms with Gasteiger partial charge >= 0.3 is 12.1 Å². The molecule has 0 aromatic heterocycles. The smallest absolute Gasteiger partial charge is 0.401 e. The zero-order valence-corrected chi connectivity index (χ0v) is 28.7. The van der Waals surface area contributed by atoms with E-state index in [0.717, 1.165) is 57.4 Å². The first-order chi connectivity index (χ1) is 23.1. The van der Waals surface area contributed by atoms with E-state index in [-0.39, 0.29) is 13.0 Å². The minimum atomic E-state index is -4.28. The summed E-state index contributed by atoms with van der Waals surface area (Å²) in [5.74, 6) is -0.0568. The Hall–Kier alpha value is -3.90. The third-order valence-corrected chi connectivity index (χ3v) is 9.70. The van der Waals surface area contributed by atoms with Crippen LogP contribution in [-0.2, 0) is 22.6 Å². The van der Waals surface area contributed by atoms with Gasteiger partial charge in [-0.1, -0.05) is 36.4 Å². The molecule has 2 aliphatic heterocycles. The molecule has 1 unspecified atom stereocenters. The summed E-state index contributed by atoms with van der Waals surface area (Å²) in [6, 6.07) is 16.1. The van der Waals surface area contributed by atoms with Crippen molar-refractivity contribution in [2.24, 2.45) is 5.73 Å². The van der Waals surface area contributed by atoms with Gasteiger partial charge in [-0.2, -0.15) is 13.2 Å². The molecule has 5 rings (SSSR count). The van der Waals surface area contributed by atoms with Gasteiger partial charge in [-0.05, 0) is 98.5 Å². The van der Waals surface area contributed by atoms with Crippen LogP contribution in [-0.4, -0.2) is 84.6 Å². The fraction of sp³-hybridized carbons (Fsp3) is 0.514. The molecule has 8 nitrogen and oxygen atoms in total. The van der Waals surface area contributed by atoms with E-state index >= 15 is 0 Å². The van der Waals surface area contributed by atoms with Gasteiger partial charge in [0.15, 0.2) is 0 Å². The number of likely N-dealkylation sites (tertiary alicyclic amines) is 2. The number of aryl methyl sites for hydroxylation is 1. The first-order valence-electron chi connectivity index (χ1n) is 16.6. The number of carboxylic acid groups (broad SMARTS) is 1. The molecule has 2 fully saturated rings. The predicted octanol–water partition coefficient (Wildman–Crippen LogP) is 7.14. The van der Waals surface area contributed by atoms with Crippen LogP contribution in [0.5, 0.6) is 11.5 Å². The number of hydrogen-bond donors (Lipinski definition) is 2. The summed E-state index contributed by atoms with van der Waals surface area (Å²) in [4.78, 5) is 25.7. The highest BCUT2D eigenvalue weighted by Crippen LogP contribution is 2.43. The Morgan fingerprint density at radius 3 is 2.10 bits per heavy atom. The molecule has 2 heterocycles. The molecule has 1 amide bonds. The van der Waals surface area contributed by atoms with Crippen LogP contribution in [0, 0.1) is 0 Å². The van der Waals surface area contributed by atoms with Gasteiger partial charge in [-0.25, -0.2) is 4.39 Å². The lowest BCUT2D eigenvalue weighted by molar-refractivity contribution is -0.167. The Bertz CT molecular complexity index is 1590. The Morgan fingerprint density at radius 1 is 0.918 bits per heavy atom. The van der Waals surface area contributed by atoms with Crippen molar-refractivity contribution in [2.45, 2.75) is 82.7 Å². The normalized spacial score (nSPS) is 19.9. The highest BCUT2D eigenvalue weighted by Gasteiger charge is 2.44. The van der Waals surface area contributed by atoms with Gasteiger partial charge in [0.2, 0.25) is 5.91 Å². The summed E-state index contributed by atoms with van der Waals surface area (Å²) in [7, 11) is 3.31. The van der Waals surface area contributed by atoms with Crippen molar-refractivity contribution in [3.63, 3.8) is 0 Å². The fourth-order valence-electron chi connectivity index (χ4n) is 6.74. The average Bonchev–Trinajstić information content (AvgIpc) is 3.04. The molecular weight excluding hydrogens is 642 g/mol. The minimum absolute atomic E-state index is 0.0860. The predicted molar refractivity (Wildman–Crippen MR) is 182 cm³/mol. The van der Waals surface area contributed by atoms with Crippen LogP contribution in [0.25, 0.3) is 21.9 Å². The molecule has 1 atom stereocenters. The maximum Gasteiger partial charge on any atom is 0.401 e. The number of methoxy groups -OCH3 is 2. The molecular formula is C37H47F4N3O5. The first-order valence-corrected chi connectivity index (χ1v) is 16.6. The Balaban J connectivity index is 0.000000302. The van der Waals surface area contributed by atoms with Crippen LogP contribution in [0.1, 0.15) is 63.5 Å². The maximum atomic E-state index is 14.2. The number of ether oxygens (including phenoxy) is 2. The van der Waals surface area contributed by atoms with Crippen LogP contribution in [0.2, 0.25) is 0 Å². The molecule has 0 radical (unpaired) electrons. The van der Waals surface area contributed by atoms with E-state index in [4.69, 9.17) is 20.3 Å². The number of nitrogens with zero attached hydrogens (tertiary/aromatic N) is 2. The molecule has 2 saturated heterocycles. The van der Waals surface area contributed by atoms with E-state index in [1.165, 1.54) is 6.92 Å². The molecule has 0 bridgehead atoms. The van der Waals surface area contributed by atoms with Crippen LogP contribution >= 0.6 is 0 Å². The Labute approximate surface area is 285 Å². The summed E-state index contributed by atoms with van der Waals surface area (Å²) in [5, 5.41) is 11.2. The maximum absolute atomic E-state index is 14.2. The number of fused-ring (bicyclic) bond motifs is 1. The van der Waals surface area contributed by atoms with Gasteiger partial charge < -0.3 is 20.3 Å². The van der Waals surface area contributed by atoms with E-state index in [1.54, 1.807) is 21.1 Å². The van der Waals surface area contributed by atoms with Crippen molar-refractivity contribution in [1.29, 1.82) is 0 Å². The molecule has 0 saturated carbocycles. The summed E-state index contributed by atoms with van der Waals surface area (Å²) in [6.45, 7) is 4.54. The summed E-state index contributed by atoms with van der Waals surface area (Å²) >= 11 is 0. The topological polar surface area (TPSA) is 105 Å². The van der Waals surface area contributed by atoms with Gasteiger partial charge in [0.1, 0.15) is 17.2 Å². The van der Waals surface area contributed by atoms with Gasteiger partial charge in [-0.3, -0.25) is 19.4 Å². The zero-order chi connectivity index (χ0) is 36.0. The van der Waals surface area contributed by atoms with Crippen molar-refractivity contribution in [1.82, 2.24) is 9.80 Å². The van der Waals surface area contributed by atoms with Gasteiger partial charge in [0, 0.05) is 26.1 Å². The molecule has 2 aliphatic rings. The second kappa shape index (κ2) is 15.8. The average molecular weight is 690 g/mol. The number of primary amides is 1. The number of halogens is 4. The van der Waals surface area contributed by atoms with Crippen molar-refractivity contribution in [3.05, 3.63) is 59.7 Å². The number of nitrogens with two attached hydrogens (primary N) is 1. The van der Waals surface area contributed by atoms with Crippen molar-refractivity contribution in [2.75, 3.05) is 40.4 Å². The number of benzene rings is 3. The van der Waals surface area contributed by atoms with Crippen LogP contribution in [0.4, 0.5) is 17.6 Å². The standard InChI is InChI=1S/C28H32FNO4.C9H15F3N2O/c1-28(29)12-14-30(15-13-28)18-19-16-24(33-2)27(25(17-19)34-3)23-9-5-7-21-20(10-11-26(31)32)6-4-8-22(21)23;1-8(7(13)15)4-2-3-5-14(8)6-9(10,11)12/h4-9,16-17H,10-15,18H2,1-3H3,(H,31,32);2-6H2,1H3,(H2,13,15). The van der Waals surface area contributed by atoms with E-state index in [2.05, 4.69) is 4.90 Å². The van der Waals surface area contributed by atoms with Crippen molar-refractivity contribution < 1.29 is 41.7 Å². The van der Waals surface area contributed by atoms with Gasteiger partial charge in [0.05, 0.1) is 31.9 Å². The number of rotatable bonds is 10. The molecule has 0 spiro atoms. The number of carbonyl (C=O) groups is 2. The summed E-state index contributed by atoms with van der Waals surface area (Å²) in [5.41, 5.74) is 6.84. The van der Waals surface area contributed by atoms with E-state index in [9.17, 15) is 27.2 Å². The summed E-state index contributed by atoms with van der Waals surface area (Å²) < 4.78 is 62.6. The lowest BCUT2D eigenvalue weighted by Gasteiger charge is -2.42. The second-order valence-corrected chi connectivity index (χ2v) is 13.4. The second-order valence-electron chi connectivity index (χ2n) is 13.4. The lowest BCUT2D eigenvalue weighted by Crippen LogP contribution is -2.59. The molecule has 3 aromatic rings. The highest BCUT2D eigenvalue weighted by molar-refractivity contribution is 6.01. The molecule has 12 heteroatoms. The molecule has 0 aliphatic carbocycles. The van der Waals surface area contributed by atoms with Crippen LogP contribution in [0.15, 0.2) is 48.5 Å². The molecule has 268 valence electrons. The molecule has 49 heavy (non-hydrogen) atoms. The zero-order valence-electron chi connectivity index (χ0n) is 28.7. The number of amides is 1. The molecule has 3 N–H and O–H groups in total. The van der Waals surface area contributed by atoms with E-state index in [0.29, 0.717) is 50.1 Å². The third-order valence-electron chi connectivity index (χ3n) is 9.70.